The summed E-state index contributed by atoms with van der Waals surface area (Å²) in [5, 5.41) is 7.92. The molecule has 1 aromatic carbocycles. The van der Waals surface area contributed by atoms with Crippen LogP contribution in [-0.2, 0) is 14.8 Å². The van der Waals surface area contributed by atoms with Gasteiger partial charge in [0, 0.05) is 6.42 Å². The third-order valence-corrected chi connectivity index (χ3v) is 3.96. The highest BCUT2D eigenvalue weighted by atomic mass is 32.2. The second-order valence-electron chi connectivity index (χ2n) is 5.34. The summed E-state index contributed by atoms with van der Waals surface area (Å²) in [5.41, 5.74) is 0.843. The van der Waals surface area contributed by atoms with Crippen molar-refractivity contribution in [1.29, 1.82) is 0 Å². The van der Waals surface area contributed by atoms with Gasteiger partial charge < -0.3 is 5.32 Å². The molecule has 1 unspecified atom stereocenters. The fourth-order valence-electron chi connectivity index (χ4n) is 1.76. The summed E-state index contributed by atoms with van der Waals surface area (Å²) in [6, 6.07) is 6.05. The van der Waals surface area contributed by atoms with Crippen molar-refractivity contribution in [3.63, 3.8) is 0 Å². The summed E-state index contributed by atoms with van der Waals surface area (Å²) in [7, 11) is -3.67. The van der Waals surface area contributed by atoms with Gasteiger partial charge in [0.05, 0.1) is 10.9 Å². The van der Waals surface area contributed by atoms with Crippen LogP contribution in [-0.4, -0.2) is 14.3 Å². The smallest absolute Gasteiger partial charge is 0.238 e. The second-order valence-corrected chi connectivity index (χ2v) is 6.90. The normalized spacial score (nSPS) is 13.2. The van der Waals surface area contributed by atoms with E-state index in [1.807, 2.05) is 6.92 Å². The molecule has 6 heteroatoms. The van der Waals surface area contributed by atoms with Crippen molar-refractivity contribution < 1.29 is 13.2 Å². The van der Waals surface area contributed by atoms with Crippen LogP contribution in [0.2, 0.25) is 0 Å². The Morgan fingerprint density at radius 1 is 1.20 bits per heavy atom. The molecule has 0 spiro atoms. The maximum atomic E-state index is 11.7. The monoisotopic (exact) mass is 298 g/mol. The standard InChI is InChI=1S/C14H22N2O3S/c1-10(2)4-9-14(17)16-11(3)12-5-7-13(8-6-12)20(15,18)19/h5-8,10-11H,4,9H2,1-3H3,(H,16,17)(H2,15,18,19). The van der Waals surface area contributed by atoms with E-state index in [-0.39, 0.29) is 16.8 Å². The fraction of sp³-hybridized carbons (Fsp3) is 0.500. The highest BCUT2D eigenvalue weighted by molar-refractivity contribution is 7.89. The SMILES string of the molecule is CC(C)CCC(=O)NC(C)c1ccc(S(N)(=O)=O)cc1. The van der Waals surface area contributed by atoms with Crippen molar-refractivity contribution in [2.24, 2.45) is 11.1 Å². The van der Waals surface area contributed by atoms with Gasteiger partial charge in [0.2, 0.25) is 15.9 Å². The molecule has 1 atom stereocenters. The van der Waals surface area contributed by atoms with Crippen LogP contribution in [0.1, 0.15) is 45.2 Å². The predicted molar refractivity (Wildman–Crippen MR) is 78.4 cm³/mol. The van der Waals surface area contributed by atoms with Crippen LogP contribution in [0.4, 0.5) is 0 Å². The minimum Gasteiger partial charge on any atom is -0.350 e. The molecule has 112 valence electrons. The Morgan fingerprint density at radius 2 is 1.75 bits per heavy atom. The Morgan fingerprint density at radius 3 is 2.20 bits per heavy atom. The Hall–Kier alpha value is -1.40. The fourth-order valence-corrected chi connectivity index (χ4v) is 2.28. The van der Waals surface area contributed by atoms with Gasteiger partial charge in [0.1, 0.15) is 0 Å². The quantitative estimate of drug-likeness (QED) is 0.841. The molecule has 0 saturated heterocycles. The molecular weight excluding hydrogens is 276 g/mol. The van der Waals surface area contributed by atoms with Crippen LogP contribution in [0.25, 0.3) is 0 Å². The zero-order valence-electron chi connectivity index (χ0n) is 12.1. The molecule has 0 aliphatic heterocycles. The molecule has 5 nitrogen and oxygen atoms in total. The third kappa shape index (κ3) is 5.30. The largest absolute Gasteiger partial charge is 0.350 e. The minimum atomic E-state index is -3.67. The van der Waals surface area contributed by atoms with E-state index in [0.29, 0.717) is 12.3 Å². The molecule has 0 aliphatic rings. The van der Waals surface area contributed by atoms with E-state index >= 15 is 0 Å². The average molecular weight is 298 g/mol. The highest BCUT2D eigenvalue weighted by Crippen LogP contribution is 2.16. The van der Waals surface area contributed by atoms with E-state index in [2.05, 4.69) is 19.2 Å². The minimum absolute atomic E-state index is 0.00160. The Labute approximate surface area is 120 Å². The van der Waals surface area contributed by atoms with Gasteiger partial charge >= 0.3 is 0 Å². The number of hydrogen-bond acceptors (Lipinski definition) is 3. The first-order chi connectivity index (χ1) is 9.20. The molecule has 20 heavy (non-hydrogen) atoms. The van der Waals surface area contributed by atoms with Gasteiger partial charge in [-0.3, -0.25) is 4.79 Å². The first-order valence-corrected chi connectivity index (χ1v) is 8.17. The molecule has 1 rings (SSSR count). The van der Waals surface area contributed by atoms with Crippen molar-refractivity contribution >= 4 is 15.9 Å². The number of nitrogens with two attached hydrogens (primary N) is 1. The Balaban J connectivity index is 2.64. The maximum Gasteiger partial charge on any atom is 0.238 e. The average Bonchev–Trinajstić information content (AvgIpc) is 2.35. The van der Waals surface area contributed by atoms with Gasteiger partial charge in [-0.05, 0) is 37.0 Å². The van der Waals surface area contributed by atoms with Crippen molar-refractivity contribution in [2.75, 3.05) is 0 Å². The van der Waals surface area contributed by atoms with Crippen LogP contribution < -0.4 is 10.5 Å². The lowest BCUT2D eigenvalue weighted by atomic mass is 10.1. The lowest BCUT2D eigenvalue weighted by Crippen LogP contribution is -2.26. The number of hydrogen-bond donors (Lipinski definition) is 2. The van der Waals surface area contributed by atoms with E-state index < -0.39 is 10.0 Å². The molecule has 0 radical (unpaired) electrons. The Bertz CT molecular complexity index is 550. The van der Waals surface area contributed by atoms with E-state index in [4.69, 9.17) is 5.14 Å². The van der Waals surface area contributed by atoms with Gasteiger partial charge in [0.15, 0.2) is 0 Å². The first kappa shape index (κ1) is 16.7. The van der Waals surface area contributed by atoms with Gasteiger partial charge in [-0.25, -0.2) is 13.6 Å². The van der Waals surface area contributed by atoms with E-state index in [0.717, 1.165) is 12.0 Å². The van der Waals surface area contributed by atoms with Crippen molar-refractivity contribution in [3.05, 3.63) is 29.8 Å². The first-order valence-electron chi connectivity index (χ1n) is 6.62. The topological polar surface area (TPSA) is 89.3 Å². The summed E-state index contributed by atoms with van der Waals surface area (Å²) in [4.78, 5) is 11.8. The number of nitrogens with one attached hydrogen (secondary N) is 1. The number of carbonyl (C=O) groups excluding carboxylic acids is 1. The van der Waals surface area contributed by atoms with Gasteiger partial charge in [-0.15, -0.1) is 0 Å². The summed E-state index contributed by atoms with van der Waals surface area (Å²) in [6.45, 7) is 6.00. The maximum absolute atomic E-state index is 11.7. The molecular formula is C14H22N2O3S. The molecule has 3 N–H and O–H groups in total. The number of rotatable bonds is 6. The number of carbonyl (C=O) groups is 1. The molecule has 0 saturated carbocycles. The zero-order chi connectivity index (χ0) is 15.3. The van der Waals surface area contributed by atoms with Crippen LogP contribution in [0.3, 0.4) is 0 Å². The summed E-state index contributed by atoms with van der Waals surface area (Å²) >= 11 is 0. The summed E-state index contributed by atoms with van der Waals surface area (Å²) < 4.78 is 22.3. The number of benzene rings is 1. The molecule has 0 aliphatic carbocycles. The zero-order valence-corrected chi connectivity index (χ0v) is 12.9. The van der Waals surface area contributed by atoms with Gasteiger partial charge in [-0.2, -0.15) is 0 Å². The molecule has 0 fully saturated rings. The van der Waals surface area contributed by atoms with Crippen LogP contribution >= 0.6 is 0 Å². The third-order valence-electron chi connectivity index (χ3n) is 3.03. The molecule has 0 heterocycles. The van der Waals surface area contributed by atoms with Crippen LogP contribution in [0, 0.1) is 5.92 Å². The van der Waals surface area contributed by atoms with Crippen molar-refractivity contribution in [2.45, 2.75) is 44.6 Å². The second kappa shape index (κ2) is 6.85. The highest BCUT2D eigenvalue weighted by Gasteiger charge is 2.12. The lowest BCUT2D eigenvalue weighted by Gasteiger charge is -2.15. The van der Waals surface area contributed by atoms with E-state index in [9.17, 15) is 13.2 Å². The summed E-state index contributed by atoms with van der Waals surface area (Å²) in [5.74, 6) is 0.492. The van der Waals surface area contributed by atoms with Crippen LogP contribution in [0.15, 0.2) is 29.2 Å². The van der Waals surface area contributed by atoms with Gasteiger partial charge in [-0.1, -0.05) is 26.0 Å². The number of sulfonamides is 1. The van der Waals surface area contributed by atoms with Gasteiger partial charge in [0.25, 0.3) is 0 Å². The lowest BCUT2D eigenvalue weighted by molar-refractivity contribution is -0.122. The molecule has 0 aromatic heterocycles. The van der Waals surface area contributed by atoms with Crippen molar-refractivity contribution in [3.8, 4) is 0 Å². The molecule has 1 aromatic rings. The molecule has 0 bridgehead atoms. The number of amides is 1. The Kier molecular flexibility index (Phi) is 5.71. The molecule has 1 amide bonds. The van der Waals surface area contributed by atoms with E-state index in [1.54, 1.807) is 12.1 Å². The van der Waals surface area contributed by atoms with Crippen molar-refractivity contribution in [1.82, 2.24) is 5.32 Å². The van der Waals surface area contributed by atoms with Crippen LogP contribution in [0.5, 0.6) is 0 Å². The summed E-state index contributed by atoms with van der Waals surface area (Å²) in [6.07, 6.45) is 1.35. The van der Waals surface area contributed by atoms with E-state index in [1.165, 1.54) is 12.1 Å². The number of primary sulfonamides is 1. The predicted octanol–water partition coefficient (Wildman–Crippen LogP) is 1.95.